The van der Waals surface area contributed by atoms with E-state index in [1.807, 2.05) is 0 Å². The van der Waals surface area contributed by atoms with E-state index in [4.69, 9.17) is 9.47 Å². The number of aryl methyl sites for hydroxylation is 1. The number of aliphatic hydroxyl groups is 1. The van der Waals surface area contributed by atoms with Crippen LogP contribution in [0.15, 0.2) is 24.4 Å². The number of hydrogen-bond acceptors (Lipinski definition) is 9. The standard InChI is InChI=1S/C19H23N5O5/c1-11-6-15(18(27)29-3)23-19(21-11)24-9-13(8-14(25)10-24)22-17(26)12-4-5-20-16(7-12)28-2/h4-7,13-14,25H,8-10H2,1-3H3,(H,22,26)/t13-,14+/m0/s1. The lowest BCUT2D eigenvalue weighted by Crippen LogP contribution is -2.53. The Labute approximate surface area is 167 Å². The molecule has 3 rings (SSSR count). The predicted molar refractivity (Wildman–Crippen MR) is 103 cm³/mol. The van der Waals surface area contributed by atoms with Crippen LogP contribution in [0.5, 0.6) is 5.88 Å². The van der Waals surface area contributed by atoms with E-state index in [-0.39, 0.29) is 17.6 Å². The van der Waals surface area contributed by atoms with E-state index in [1.165, 1.54) is 26.5 Å². The highest BCUT2D eigenvalue weighted by Crippen LogP contribution is 2.19. The van der Waals surface area contributed by atoms with Gasteiger partial charge in [0.1, 0.15) is 0 Å². The number of aromatic nitrogens is 3. The summed E-state index contributed by atoms with van der Waals surface area (Å²) in [6, 6.07) is 4.32. The Hall–Kier alpha value is -3.27. The number of β-amino-alcohol motifs (C(OH)–C–C–N with tert-alkyl or cyclic N) is 1. The summed E-state index contributed by atoms with van der Waals surface area (Å²) in [5.74, 6) is -0.226. The number of piperidine rings is 1. The van der Waals surface area contributed by atoms with Crippen molar-refractivity contribution in [2.24, 2.45) is 0 Å². The second-order valence-corrected chi connectivity index (χ2v) is 6.74. The average molecular weight is 401 g/mol. The number of hydrogen-bond donors (Lipinski definition) is 2. The third kappa shape index (κ3) is 4.96. The molecule has 0 radical (unpaired) electrons. The Kier molecular flexibility index (Phi) is 6.23. The molecule has 1 amide bonds. The maximum atomic E-state index is 12.6. The van der Waals surface area contributed by atoms with E-state index < -0.39 is 12.1 Å². The molecule has 0 aromatic carbocycles. The van der Waals surface area contributed by atoms with Crippen molar-refractivity contribution < 1.29 is 24.2 Å². The maximum Gasteiger partial charge on any atom is 0.356 e. The number of carbonyl (C=O) groups excluding carboxylic acids is 2. The molecule has 2 N–H and O–H groups in total. The molecule has 154 valence electrons. The smallest absolute Gasteiger partial charge is 0.356 e. The number of esters is 1. The van der Waals surface area contributed by atoms with Crippen LogP contribution < -0.4 is 15.0 Å². The van der Waals surface area contributed by atoms with Crippen LogP contribution in [0.4, 0.5) is 5.95 Å². The van der Waals surface area contributed by atoms with Gasteiger partial charge in [-0.3, -0.25) is 4.79 Å². The molecule has 0 unspecified atom stereocenters. The summed E-state index contributed by atoms with van der Waals surface area (Å²) in [6.07, 6.45) is 1.19. The molecule has 1 aliphatic rings. The summed E-state index contributed by atoms with van der Waals surface area (Å²) in [6.45, 7) is 2.42. The first-order chi connectivity index (χ1) is 13.9. The molecule has 1 fully saturated rings. The van der Waals surface area contributed by atoms with Crippen molar-refractivity contribution in [1.29, 1.82) is 0 Å². The van der Waals surface area contributed by atoms with Crippen LogP contribution in [-0.2, 0) is 4.74 Å². The Morgan fingerprint density at radius 3 is 2.76 bits per heavy atom. The SMILES string of the molecule is COC(=O)c1cc(C)nc(N2C[C@H](O)C[C@H](NC(=O)c3ccnc(OC)c3)C2)n1. The highest BCUT2D eigenvalue weighted by atomic mass is 16.5. The molecule has 0 aliphatic carbocycles. The van der Waals surface area contributed by atoms with Gasteiger partial charge in [-0.25, -0.2) is 19.7 Å². The van der Waals surface area contributed by atoms with Crippen molar-refractivity contribution in [2.45, 2.75) is 25.5 Å². The van der Waals surface area contributed by atoms with E-state index in [2.05, 4.69) is 20.3 Å². The number of anilines is 1. The van der Waals surface area contributed by atoms with Gasteiger partial charge in [-0.15, -0.1) is 0 Å². The fourth-order valence-electron chi connectivity index (χ4n) is 3.17. The first kappa shape index (κ1) is 20.5. The van der Waals surface area contributed by atoms with Crippen molar-refractivity contribution >= 4 is 17.8 Å². The zero-order valence-corrected chi connectivity index (χ0v) is 16.5. The minimum Gasteiger partial charge on any atom is -0.481 e. The second kappa shape index (κ2) is 8.82. The lowest BCUT2D eigenvalue weighted by Gasteiger charge is -2.36. The number of nitrogens with one attached hydrogen (secondary N) is 1. The number of methoxy groups -OCH3 is 2. The van der Waals surface area contributed by atoms with E-state index in [0.29, 0.717) is 42.6 Å². The molecule has 3 heterocycles. The number of nitrogens with zero attached hydrogens (tertiary/aromatic N) is 4. The zero-order valence-electron chi connectivity index (χ0n) is 16.5. The van der Waals surface area contributed by atoms with Crippen molar-refractivity contribution in [3.8, 4) is 5.88 Å². The van der Waals surface area contributed by atoms with Gasteiger partial charge in [0.25, 0.3) is 5.91 Å². The molecule has 1 aliphatic heterocycles. The number of carbonyl (C=O) groups is 2. The van der Waals surface area contributed by atoms with E-state index >= 15 is 0 Å². The molecule has 0 saturated carbocycles. The Morgan fingerprint density at radius 2 is 2.03 bits per heavy atom. The van der Waals surface area contributed by atoms with Crippen LogP contribution in [0.3, 0.4) is 0 Å². The summed E-state index contributed by atoms with van der Waals surface area (Å²) in [7, 11) is 2.76. The van der Waals surface area contributed by atoms with Crippen LogP contribution in [0.25, 0.3) is 0 Å². The summed E-state index contributed by atoms with van der Waals surface area (Å²) in [4.78, 5) is 38.7. The van der Waals surface area contributed by atoms with Gasteiger partial charge >= 0.3 is 5.97 Å². The van der Waals surface area contributed by atoms with Crippen LogP contribution in [0.2, 0.25) is 0 Å². The molecule has 0 spiro atoms. The number of amides is 1. The third-order valence-corrected chi connectivity index (χ3v) is 4.49. The predicted octanol–water partition coefficient (Wildman–Crippen LogP) is 0.345. The second-order valence-electron chi connectivity index (χ2n) is 6.74. The molecule has 2 aromatic rings. The van der Waals surface area contributed by atoms with Gasteiger partial charge in [0.05, 0.1) is 20.3 Å². The number of aliphatic hydroxyl groups excluding tert-OH is 1. The number of rotatable bonds is 5. The van der Waals surface area contributed by atoms with Crippen molar-refractivity contribution in [2.75, 3.05) is 32.2 Å². The molecule has 29 heavy (non-hydrogen) atoms. The first-order valence-electron chi connectivity index (χ1n) is 9.07. The molecular formula is C19H23N5O5. The maximum absolute atomic E-state index is 12.6. The van der Waals surface area contributed by atoms with Gasteiger partial charge in [-0.1, -0.05) is 0 Å². The molecule has 2 atom stereocenters. The van der Waals surface area contributed by atoms with Crippen molar-refractivity contribution in [3.63, 3.8) is 0 Å². The van der Waals surface area contributed by atoms with E-state index in [9.17, 15) is 14.7 Å². The highest BCUT2D eigenvalue weighted by molar-refractivity contribution is 5.94. The number of pyridine rings is 1. The third-order valence-electron chi connectivity index (χ3n) is 4.49. The van der Waals surface area contributed by atoms with Gasteiger partial charge in [0.2, 0.25) is 11.8 Å². The molecule has 10 heteroatoms. The quantitative estimate of drug-likeness (QED) is 0.682. The first-order valence-corrected chi connectivity index (χ1v) is 9.07. The number of ether oxygens (including phenoxy) is 2. The van der Waals surface area contributed by atoms with Gasteiger partial charge < -0.3 is 24.8 Å². The van der Waals surface area contributed by atoms with E-state index in [1.54, 1.807) is 24.0 Å². The Bertz CT molecular complexity index is 906. The van der Waals surface area contributed by atoms with Gasteiger partial charge in [0, 0.05) is 42.7 Å². The fraction of sp³-hybridized carbons (Fsp3) is 0.421. The summed E-state index contributed by atoms with van der Waals surface area (Å²) in [5.41, 5.74) is 1.14. The molecule has 1 saturated heterocycles. The van der Waals surface area contributed by atoms with Crippen LogP contribution in [-0.4, -0.2) is 71.4 Å². The lowest BCUT2D eigenvalue weighted by molar-refractivity contribution is 0.0593. The minimum atomic E-state index is -0.688. The molecule has 10 nitrogen and oxygen atoms in total. The minimum absolute atomic E-state index is 0.138. The largest absolute Gasteiger partial charge is 0.481 e. The van der Waals surface area contributed by atoms with Gasteiger partial charge in [-0.05, 0) is 25.5 Å². The summed E-state index contributed by atoms with van der Waals surface area (Å²) >= 11 is 0. The molecule has 2 aromatic heterocycles. The van der Waals surface area contributed by atoms with Crippen molar-refractivity contribution in [3.05, 3.63) is 41.3 Å². The topological polar surface area (TPSA) is 127 Å². The summed E-state index contributed by atoms with van der Waals surface area (Å²) < 4.78 is 9.77. The normalized spacial score (nSPS) is 18.8. The van der Waals surface area contributed by atoms with Gasteiger partial charge in [0.15, 0.2) is 5.69 Å². The molecule has 0 bridgehead atoms. The van der Waals surface area contributed by atoms with Crippen molar-refractivity contribution in [1.82, 2.24) is 20.3 Å². The van der Waals surface area contributed by atoms with Crippen LogP contribution in [0, 0.1) is 6.92 Å². The lowest BCUT2D eigenvalue weighted by atomic mass is 10.0. The summed E-state index contributed by atoms with van der Waals surface area (Å²) in [5, 5.41) is 13.2. The monoisotopic (exact) mass is 401 g/mol. The van der Waals surface area contributed by atoms with Crippen LogP contribution >= 0.6 is 0 Å². The highest BCUT2D eigenvalue weighted by Gasteiger charge is 2.29. The Morgan fingerprint density at radius 1 is 1.24 bits per heavy atom. The zero-order chi connectivity index (χ0) is 21.0. The average Bonchev–Trinajstić information content (AvgIpc) is 2.72. The Balaban J connectivity index is 1.76. The van der Waals surface area contributed by atoms with Crippen LogP contribution in [0.1, 0.15) is 33.0 Å². The van der Waals surface area contributed by atoms with Gasteiger partial charge in [-0.2, -0.15) is 0 Å². The fourth-order valence-corrected chi connectivity index (χ4v) is 3.17. The molecular weight excluding hydrogens is 378 g/mol. The van der Waals surface area contributed by atoms with E-state index in [0.717, 1.165) is 0 Å².